The molecule has 1 saturated carbocycles. The average Bonchev–Trinajstić information content (AvgIpc) is 2.44. The lowest BCUT2D eigenvalue weighted by molar-refractivity contribution is -0.160. The Balaban J connectivity index is 2.38. The molecule has 0 bridgehead atoms. The summed E-state index contributed by atoms with van der Waals surface area (Å²) in [5, 5.41) is 0. The number of hydrogen-bond acceptors (Lipinski definition) is 4. The molecule has 0 aliphatic heterocycles. The maximum absolute atomic E-state index is 12.2. The van der Waals surface area contributed by atoms with Gasteiger partial charge in [0.15, 0.2) is 0 Å². The molecule has 3 atom stereocenters. The van der Waals surface area contributed by atoms with Crippen LogP contribution < -0.4 is 0 Å². The van der Waals surface area contributed by atoms with Crippen LogP contribution in [0.3, 0.4) is 0 Å². The van der Waals surface area contributed by atoms with Crippen LogP contribution in [-0.2, 0) is 19.1 Å². The van der Waals surface area contributed by atoms with Crippen molar-refractivity contribution in [2.75, 3.05) is 6.61 Å². The Hall–Kier alpha value is -0.900. The normalized spacial score (nSPS) is 23.8. The molecule has 1 fully saturated rings. The molecule has 1 unspecified atom stereocenters. The van der Waals surface area contributed by atoms with Crippen LogP contribution >= 0.6 is 0 Å². The minimum absolute atomic E-state index is 0.00417. The van der Waals surface area contributed by atoms with Gasteiger partial charge in [-0.2, -0.15) is 0 Å². The minimum Gasteiger partial charge on any atom is -0.460 e. The summed E-state index contributed by atoms with van der Waals surface area (Å²) in [6.07, 6.45) is 8.20. The lowest BCUT2D eigenvalue weighted by atomic mass is 9.82. The van der Waals surface area contributed by atoms with Gasteiger partial charge in [0, 0.05) is 0 Å². The molecule has 4 nitrogen and oxygen atoms in total. The zero-order valence-electron chi connectivity index (χ0n) is 14.6. The number of carbonyl (C=O) groups excluding carboxylic acids is 2. The molecule has 0 radical (unpaired) electrons. The van der Waals surface area contributed by atoms with Crippen LogP contribution in [-0.4, -0.2) is 30.6 Å². The van der Waals surface area contributed by atoms with Crippen molar-refractivity contribution in [3.63, 3.8) is 0 Å². The van der Waals surface area contributed by atoms with Gasteiger partial charge in [-0.15, -0.1) is 0 Å². The van der Waals surface area contributed by atoms with Gasteiger partial charge in [-0.1, -0.05) is 19.8 Å². The van der Waals surface area contributed by atoms with Gasteiger partial charge in [-0.05, 0) is 58.8 Å². The summed E-state index contributed by atoms with van der Waals surface area (Å²) in [5.74, 6) is 0.525. The van der Waals surface area contributed by atoms with Crippen molar-refractivity contribution in [3.05, 3.63) is 0 Å². The van der Waals surface area contributed by atoms with Gasteiger partial charge < -0.3 is 14.3 Å². The van der Waals surface area contributed by atoms with Crippen LogP contribution in [0.5, 0.6) is 0 Å². The van der Waals surface area contributed by atoms with Crippen molar-refractivity contribution in [2.24, 2.45) is 11.8 Å². The van der Waals surface area contributed by atoms with Crippen molar-refractivity contribution >= 4 is 12.3 Å². The summed E-state index contributed by atoms with van der Waals surface area (Å²) in [7, 11) is 0. The molecule has 1 aliphatic carbocycles. The summed E-state index contributed by atoms with van der Waals surface area (Å²) < 4.78 is 11.1. The summed E-state index contributed by atoms with van der Waals surface area (Å²) in [6.45, 7) is 7.98. The van der Waals surface area contributed by atoms with E-state index in [-0.39, 0.29) is 24.6 Å². The van der Waals surface area contributed by atoms with Gasteiger partial charge in [0.25, 0.3) is 0 Å². The number of aldehydes is 1. The standard InChI is InChI=1S/C18H32O4/c1-5-15(17(20)22-18(2,3)4)10-9-14-7-6-8-16(13-14)21-12-11-19/h11,14-16H,5-10,12-13H2,1-4H3/t14-,15?,16-/m1/s1. The first-order chi connectivity index (χ1) is 10.4. The molecule has 0 aromatic carbocycles. The molecule has 0 saturated heterocycles. The van der Waals surface area contributed by atoms with Crippen LogP contribution in [0.2, 0.25) is 0 Å². The van der Waals surface area contributed by atoms with E-state index in [1.807, 2.05) is 27.7 Å². The highest BCUT2D eigenvalue weighted by Crippen LogP contribution is 2.31. The second-order valence-corrected chi connectivity index (χ2v) is 7.37. The zero-order chi connectivity index (χ0) is 16.6. The van der Waals surface area contributed by atoms with E-state index < -0.39 is 5.60 Å². The smallest absolute Gasteiger partial charge is 0.309 e. The van der Waals surface area contributed by atoms with E-state index in [9.17, 15) is 9.59 Å². The summed E-state index contributed by atoms with van der Waals surface area (Å²) in [5.41, 5.74) is -0.414. The molecule has 1 rings (SSSR count). The second-order valence-electron chi connectivity index (χ2n) is 7.37. The Kier molecular flexibility index (Phi) is 8.08. The van der Waals surface area contributed by atoms with Crippen molar-refractivity contribution < 1.29 is 19.1 Å². The fraction of sp³-hybridized carbons (Fsp3) is 0.889. The van der Waals surface area contributed by atoms with Crippen molar-refractivity contribution in [3.8, 4) is 0 Å². The van der Waals surface area contributed by atoms with Gasteiger partial charge in [0.05, 0.1) is 12.0 Å². The van der Waals surface area contributed by atoms with Gasteiger partial charge >= 0.3 is 5.97 Å². The summed E-state index contributed by atoms with van der Waals surface area (Å²) in [6, 6.07) is 0. The van der Waals surface area contributed by atoms with Gasteiger partial charge in [-0.3, -0.25) is 4.79 Å². The Morgan fingerprint density at radius 2 is 2.05 bits per heavy atom. The third-order valence-corrected chi connectivity index (χ3v) is 4.29. The Morgan fingerprint density at radius 3 is 2.64 bits per heavy atom. The second kappa shape index (κ2) is 9.29. The lowest BCUT2D eigenvalue weighted by Gasteiger charge is -2.30. The van der Waals surface area contributed by atoms with Crippen LogP contribution in [0.4, 0.5) is 0 Å². The van der Waals surface area contributed by atoms with E-state index in [4.69, 9.17) is 9.47 Å². The third-order valence-electron chi connectivity index (χ3n) is 4.29. The number of hydrogen-bond donors (Lipinski definition) is 0. The molecule has 1 aliphatic rings. The number of rotatable bonds is 8. The molecule has 0 heterocycles. The predicted octanol–water partition coefficient (Wildman–Crippen LogP) is 3.91. The van der Waals surface area contributed by atoms with Crippen molar-refractivity contribution in [2.45, 2.75) is 84.3 Å². The predicted molar refractivity (Wildman–Crippen MR) is 86.6 cm³/mol. The number of carbonyl (C=O) groups is 2. The van der Waals surface area contributed by atoms with Gasteiger partial charge in [0.2, 0.25) is 0 Å². The van der Waals surface area contributed by atoms with E-state index in [1.165, 1.54) is 6.42 Å². The molecule has 0 spiro atoms. The maximum Gasteiger partial charge on any atom is 0.309 e. The molecule has 22 heavy (non-hydrogen) atoms. The fourth-order valence-corrected chi connectivity index (χ4v) is 3.14. The molecule has 4 heteroatoms. The van der Waals surface area contributed by atoms with Crippen LogP contribution in [0.1, 0.15) is 72.6 Å². The van der Waals surface area contributed by atoms with Crippen molar-refractivity contribution in [1.29, 1.82) is 0 Å². The lowest BCUT2D eigenvalue weighted by Crippen LogP contribution is -2.29. The van der Waals surface area contributed by atoms with Crippen LogP contribution in [0.15, 0.2) is 0 Å². The largest absolute Gasteiger partial charge is 0.460 e. The molecular weight excluding hydrogens is 280 g/mol. The number of ether oxygens (including phenoxy) is 2. The van der Waals surface area contributed by atoms with Gasteiger partial charge in [0.1, 0.15) is 18.5 Å². The summed E-state index contributed by atoms with van der Waals surface area (Å²) >= 11 is 0. The highest BCUT2D eigenvalue weighted by molar-refractivity contribution is 5.72. The average molecular weight is 312 g/mol. The van der Waals surface area contributed by atoms with Crippen molar-refractivity contribution in [1.82, 2.24) is 0 Å². The van der Waals surface area contributed by atoms with Gasteiger partial charge in [-0.25, -0.2) is 0 Å². The number of esters is 1. The zero-order valence-corrected chi connectivity index (χ0v) is 14.6. The van der Waals surface area contributed by atoms with E-state index in [0.29, 0.717) is 5.92 Å². The van der Waals surface area contributed by atoms with E-state index >= 15 is 0 Å². The SMILES string of the molecule is CCC(CC[C@H]1CCC[C@@H](OCC=O)C1)C(=O)OC(C)(C)C. The Bertz CT molecular complexity index is 345. The van der Waals surface area contributed by atoms with E-state index in [0.717, 1.165) is 44.8 Å². The quantitative estimate of drug-likeness (QED) is 0.504. The van der Waals surface area contributed by atoms with E-state index in [1.54, 1.807) is 0 Å². The molecule has 0 N–H and O–H groups in total. The monoisotopic (exact) mass is 312 g/mol. The van der Waals surface area contributed by atoms with Crippen LogP contribution in [0, 0.1) is 11.8 Å². The summed E-state index contributed by atoms with van der Waals surface area (Å²) in [4.78, 5) is 22.6. The minimum atomic E-state index is -0.414. The first-order valence-electron chi connectivity index (χ1n) is 8.63. The molecule has 0 aromatic rings. The third kappa shape index (κ3) is 7.39. The maximum atomic E-state index is 12.2. The van der Waals surface area contributed by atoms with E-state index in [2.05, 4.69) is 0 Å². The molecule has 0 aromatic heterocycles. The van der Waals surface area contributed by atoms with Crippen LogP contribution in [0.25, 0.3) is 0 Å². The molecule has 128 valence electrons. The highest BCUT2D eigenvalue weighted by Gasteiger charge is 2.27. The Labute approximate surface area is 134 Å². The first kappa shape index (κ1) is 19.1. The fourth-order valence-electron chi connectivity index (χ4n) is 3.14. The topological polar surface area (TPSA) is 52.6 Å². The Morgan fingerprint density at radius 1 is 1.32 bits per heavy atom. The molecule has 0 amide bonds. The molecular formula is C18H32O4. The first-order valence-corrected chi connectivity index (χ1v) is 8.63. The highest BCUT2D eigenvalue weighted by atomic mass is 16.6.